The summed E-state index contributed by atoms with van der Waals surface area (Å²) in [6, 6.07) is 1.85. The van der Waals surface area contributed by atoms with E-state index in [9.17, 15) is 0 Å². The SMILES string of the molecule is CCCn1cc(Oc2cnccc2CCl)cn1. The van der Waals surface area contributed by atoms with Gasteiger partial charge in [0.05, 0.1) is 24.5 Å². The van der Waals surface area contributed by atoms with Crippen molar-refractivity contribution in [2.45, 2.75) is 25.8 Å². The van der Waals surface area contributed by atoms with E-state index in [1.165, 1.54) is 0 Å². The summed E-state index contributed by atoms with van der Waals surface area (Å²) >= 11 is 5.82. The summed E-state index contributed by atoms with van der Waals surface area (Å²) in [4.78, 5) is 4.02. The first-order valence-corrected chi connectivity index (χ1v) is 6.06. The molecule has 0 aliphatic carbocycles. The molecule has 0 spiro atoms. The number of hydrogen-bond donors (Lipinski definition) is 0. The fraction of sp³-hybridized carbons (Fsp3) is 0.333. The summed E-state index contributed by atoms with van der Waals surface area (Å²) < 4.78 is 7.55. The summed E-state index contributed by atoms with van der Waals surface area (Å²) in [6.45, 7) is 2.99. The number of aromatic nitrogens is 3. The summed E-state index contributed by atoms with van der Waals surface area (Å²) in [7, 11) is 0. The number of hydrogen-bond acceptors (Lipinski definition) is 3. The summed E-state index contributed by atoms with van der Waals surface area (Å²) in [5.41, 5.74) is 0.921. The van der Waals surface area contributed by atoms with Crippen LogP contribution in [0.4, 0.5) is 0 Å². The Kier molecular flexibility index (Phi) is 3.98. The molecule has 0 unspecified atom stereocenters. The Morgan fingerprint density at radius 2 is 2.29 bits per heavy atom. The minimum Gasteiger partial charge on any atom is -0.452 e. The van der Waals surface area contributed by atoms with Gasteiger partial charge in [-0.15, -0.1) is 11.6 Å². The van der Waals surface area contributed by atoms with Crippen LogP contribution in [-0.2, 0) is 12.4 Å². The van der Waals surface area contributed by atoms with E-state index in [0.717, 1.165) is 18.5 Å². The first kappa shape index (κ1) is 11.9. The van der Waals surface area contributed by atoms with Gasteiger partial charge in [0.15, 0.2) is 5.75 Å². The van der Waals surface area contributed by atoms with Crippen molar-refractivity contribution in [3.05, 3.63) is 36.4 Å². The van der Waals surface area contributed by atoms with Gasteiger partial charge in [0.25, 0.3) is 0 Å². The number of ether oxygens (including phenoxy) is 1. The third-order valence-electron chi connectivity index (χ3n) is 2.30. The van der Waals surface area contributed by atoms with Crippen LogP contribution in [0.5, 0.6) is 11.5 Å². The van der Waals surface area contributed by atoms with Crippen molar-refractivity contribution in [2.75, 3.05) is 0 Å². The minimum atomic E-state index is 0.404. The lowest BCUT2D eigenvalue weighted by atomic mass is 10.3. The topological polar surface area (TPSA) is 39.9 Å². The average molecular weight is 252 g/mol. The molecule has 0 atom stereocenters. The molecule has 0 radical (unpaired) electrons. The van der Waals surface area contributed by atoms with Crippen LogP contribution in [0.3, 0.4) is 0 Å². The van der Waals surface area contributed by atoms with Crippen LogP contribution in [0.2, 0.25) is 0 Å². The molecule has 0 N–H and O–H groups in total. The molecule has 4 nitrogen and oxygen atoms in total. The van der Waals surface area contributed by atoms with Crippen LogP contribution in [0.25, 0.3) is 0 Å². The van der Waals surface area contributed by atoms with Gasteiger partial charge in [-0.1, -0.05) is 6.92 Å². The average Bonchev–Trinajstić information content (AvgIpc) is 2.78. The Bertz CT molecular complexity index is 484. The van der Waals surface area contributed by atoms with Crippen molar-refractivity contribution in [3.8, 4) is 11.5 Å². The van der Waals surface area contributed by atoms with E-state index in [1.54, 1.807) is 18.6 Å². The maximum Gasteiger partial charge on any atom is 0.165 e. The van der Waals surface area contributed by atoms with Crippen molar-refractivity contribution < 1.29 is 4.74 Å². The normalized spacial score (nSPS) is 10.5. The maximum absolute atomic E-state index is 5.82. The lowest BCUT2D eigenvalue weighted by Gasteiger charge is -2.05. The van der Waals surface area contributed by atoms with Crippen molar-refractivity contribution >= 4 is 11.6 Å². The highest BCUT2D eigenvalue weighted by Gasteiger charge is 2.05. The van der Waals surface area contributed by atoms with E-state index < -0.39 is 0 Å². The molecule has 2 aromatic rings. The third-order valence-corrected chi connectivity index (χ3v) is 2.59. The summed E-state index contributed by atoms with van der Waals surface area (Å²) in [6.07, 6.45) is 7.97. The third kappa shape index (κ3) is 2.97. The number of rotatable bonds is 5. The second kappa shape index (κ2) is 5.68. The van der Waals surface area contributed by atoms with Crippen molar-refractivity contribution in [1.29, 1.82) is 0 Å². The number of halogens is 1. The van der Waals surface area contributed by atoms with Crippen LogP contribution in [0.15, 0.2) is 30.9 Å². The zero-order valence-electron chi connectivity index (χ0n) is 9.64. The summed E-state index contributed by atoms with van der Waals surface area (Å²) in [5, 5.41) is 4.20. The smallest absolute Gasteiger partial charge is 0.165 e. The van der Waals surface area contributed by atoms with Crippen molar-refractivity contribution in [3.63, 3.8) is 0 Å². The van der Waals surface area contributed by atoms with Gasteiger partial charge in [0, 0.05) is 18.3 Å². The molecule has 0 saturated heterocycles. The Morgan fingerprint density at radius 1 is 1.41 bits per heavy atom. The van der Waals surface area contributed by atoms with Gasteiger partial charge in [-0.3, -0.25) is 9.67 Å². The fourth-order valence-corrected chi connectivity index (χ4v) is 1.71. The Hall–Kier alpha value is -1.55. The standard InChI is InChI=1S/C12H14ClN3O/c1-2-5-16-9-11(7-15-16)17-12-8-14-4-3-10(12)6-13/h3-4,7-9H,2,5-6H2,1H3. The van der Waals surface area contributed by atoms with E-state index >= 15 is 0 Å². The zero-order valence-corrected chi connectivity index (χ0v) is 10.4. The minimum absolute atomic E-state index is 0.404. The molecule has 0 aromatic carbocycles. The number of pyridine rings is 1. The monoisotopic (exact) mass is 251 g/mol. The molecule has 2 rings (SSSR count). The molecular weight excluding hydrogens is 238 g/mol. The van der Waals surface area contributed by atoms with E-state index in [0.29, 0.717) is 17.4 Å². The highest BCUT2D eigenvalue weighted by Crippen LogP contribution is 2.24. The van der Waals surface area contributed by atoms with E-state index in [2.05, 4.69) is 17.0 Å². The lowest BCUT2D eigenvalue weighted by molar-refractivity contribution is 0.474. The van der Waals surface area contributed by atoms with Gasteiger partial charge < -0.3 is 4.74 Å². The molecule has 0 bridgehead atoms. The van der Waals surface area contributed by atoms with Gasteiger partial charge >= 0.3 is 0 Å². The second-order valence-electron chi connectivity index (χ2n) is 3.66. The molecule has 17 heavy (non-hydrogen) atoms. The zero-order chi connectivity index (χ0) is 12.1. The first-order valence-electron chi connectivity index (χ1n) is 5.52. The second-order valence-corrected chi connectivity index (χ2v) is 3.93. The van der Waals surface area contributed by atoms with E-state index in [4.69, 9.17) is 16.3 Å². The Labute approximate surface area is 105 Å². The van der Waals surface area contributed by atoms with Crippen LogP contribution in [-0.4, -0.2) is 14.8 Å². The van der Waals surface area contributed by atoms with Crippen molar-refractivity contribution in [1.82, 2.24) is 14.8 Å². The molecular formula is C12H14ClN3O. The van der Waals surface area contributed by atoms with Crippen LogP contribution in [0.1, 0.15) is 18.9 Å². The van der Waals surface area contributed by atoms with Gasteiger partial charge in [-0.05, 0) is 12.5 Å². The molecule has 2 heterocycles. The molecule has 0 saturated carbocycles. The highest BCUT2D eigenvalue weighted by molar-refractivity contribution is 6.17. The van der Waals surface area contributed by atoms with Gasteiger partial charge in [-0.25, -0.2) is 0 Å². The largest absolute Gasteiger partial charge is 0.452 e. The molecule has 90 valence electrons. The summed E-state index contributed by atoms with van der Waals surface area (Å²) in [5.74, 6) is 1.79. The number of alkyl halides is 1. The van der Waals surface area contributed by atoms with E-state index in [1.807, 2.05) is 16.9 Å². The van der Waals surface area contributed by atoms with Gasteiger partial charge in [0.1, 0.15) is 5.75 Å². The van der Waals surface area contributed by atoms with Crippen LogP contribution in [0, 0.1) is 0 Å². The molecule has 0 aliphatic rings. The van der Waals surface area contributed by atoms with Crippen LogP contribution >= 0.6 is 11.6 Å². The van der Waals surface area contributed by atoms with E-state index in [-0.39, 0.29) is 0 Å². The lowest BCUT2D eigenvalue weighted by Crippen LogP contribution is -1.95. The Morgan fingerprint density at radius 3 is 3.06 bits per heavy atom. The fourth-order valence-electron chi connectivity index (χ4n) is 1.49. The van der Waals surface area contributed by atoms with Gasteiger partial charge in [-0.2, -0.15) is 5.10 Å². The van der Waals surface area contributed by atoms with Crippen molar-refractivity contribution in [2.24, 2.45) is 0 Å². The van der Waals surface area contributed by atoms with Crippen LogP contribution < -0.4 is 4.74 Å². The molecule has 5 heteroatoms. The molecule has 2 aromatic heterocycles. The maximum atomic E-state index is 5.82. The van der Waals surface area contributed by atoms with Gasteiger partial charge in [0.2, 0.25) is 0 Å². The quantitative estimate of drug-likeness (QED) is 0.766. The molecule has 0 aliphatic heterocycles. The predicted molar refractivity (Wildman–Crippen MR) is 66.4 cm³/mol. The molecule has 0 fully saturated rings. The predicted octanol–water partition coefficient (Wildman–Crippen LogP) is 3.22. The highest BCUT2D eigenvalue weighted by atomic mass is 35.5. The molecule has 0 amide bonds. The Balaban J connectivity index is 2.13. The number of nitrogens with zero attached hydrogens (tertiary/aromatic N) is 3. The number of aryl methyl sites for hydroxylation is 1. The first-order chi connectivity index (χ1) is 8.33.